The molecule has 1 saturated heterocycles. The quantitative estimate of drug-likeness (QED) is 0.908. The Morgan fingerprint density at radius 3 is 2.42 bits per heavy atom. The number of rotatable bonds is 3. The highest BCUT2D eigenvalue weighted by Crippen LogP contribution is 2.40. The van der Waals surface area contributed by atoms with Crippen molar-refractivity contribution < 1.29 is 0 Å². The summed E-state index contributed by atoms with van der Waals surface area (Å²) in [5.74, 6) is 1.05. The second kappa shape index (κ2) is 5.70. The van der Waals surface area contributed by atoms with Gasteiger partial charge < -0.3 is 10.6 Å². The first kappa shape index (κ1) is 14.6. The van der Waals surface area contributed by atoms with Crippen LogP contribution >= 0.6 is 15.9 Å². The third-order valence-corrected chi connectivity index (χ3v) is 5.86. The third kappa shape index (κ3) is 2.73. The molecule has 19 heavy (non-hydrogen) atoms. The van der Waals surface area contributed by atoms with E-state index in [0.717, 1.165) is 34.6 Å². The number of nitrogens with two attached hydrogens (primary N) is 1. The van der Waals surface area contributed by atoms with Crippen molar-refractivity contribution in [2.75, 3.05) is 23.7 Å². The second-order valence-electron chi connectivity index (χ2n) is 5.67. The molecule has 1 fully saturated rings. The molecule has 0 bridgehead atoms. The Kier molecular flexibility index (Phi) is 4.39. The van der Waals surface area contributed by atoms with Crippen molar-refractivity contribution in [1.82, 2.24) is 4.98 Å². The van der Waals surface area contributed by atoms with Gasteiger partial charge in [-0.1, -0.05) is 26.7 Å². The minimum Gasteiger partial charge on any atom is -0.397 e. The van der Waals surface area contributed by atoms with Crippen LogP contribution in [0, 0.1) is 12.3 Å². The predicted molar refractivity (Wildman–Crippen MR) is 85.5 cm³/mol. The standard InChI is InChI=1S/C15H24BrN3/c1-4-15(5-2)6-8-19(9-7-15)14-13(16)11(3)12(17)10-18-14/h10H,4-9,17H2,1-3H3. The number of nitrogen functional groups attached to an aromatic ring is 1. The van der Waals surface area contributed by atoms with E-state index < -0.39 is 0 Å². The SMILES string of the molecule is CCC1(CC)CCN(c2ncc(N)c(C)c2Br)CC1. The Balaban J connectivity index is 2.16. The zero-order valence-electron chi connectivity index (χ0n) is 12.2. The largest absolute Gasteiger partial charge is 0.397 e. The molecule has 0 aromatic carbocycles. The van der Waals surface area contributed by atoms with Crippen molar-refractivity contribution in [3.63, 3.8) is 0 Å². The van der Waals surface area contributed by atoms with Gasteiger partial charge in [-0.05, 0) is 46.7 Å². The van der Waals surface area contributed by atoms with Crippen LogP contribution in [0.2, 0.25) is 0 Å². The van der Waals surface area contributed by atoms with E-state index in [-0.39, 0.29) is 0 Å². The molecule has 0 atom stereocenters. The van der Waals surface area contributed by atoms with E-state index in [9.17, 15) is 0 Å². The lowest BCUT2D eigenvalue weighted by Crippen LogP contribution is -2.40. The normalized spacial score (nSPS) is 18.6. The maximum absolute atomic E-state index is 5.89. The minimum absolute atomic E-state index is 0.547. The fourth-order valence-corrected chi connectivity index (χ4v) is 3.53. The Bertz CT molecular complexity index is 445. The van der Waals surface area contributed by atoms with Gasteiger partial charge in [0.05, 0.1) is 16.4 Å². The Hall–Kier alpha value is -0.770. The highest BCUT2D eigenvalue weighted by atomic mass is 79.9. The van der Waals surface area contributed by atoms with Gasteiger partial charge in [-0.3, -0.25) is 0 Å². The van der Waals surface area contributed by atoms with Gasteiger partial charge in [-0.25, -0.2) is 4.98 Å². The molecule has 0 amide bonds. The highest BCUT2D eigenvalue weighted by Gasteiger charge is 2.32. The molecule has 1 aromatic heterocycles. The third-order valence-electron chi connectivity index (χ3n) is 4.91. The van der Waals surface area contributed by atoms with Crippen LogP contribution in [-0.4, -0.2) is 18.1 Å². The summed E-state index contributed by atoms with van der Waals surface area (Å²) in [4.78, 5) is 6.90. The molecule has 2 N–H and O–H groups in total. The molecule has 0 spiro atoms. The zero-order chi connectivity index (χ0) is 14.0. The number of anilines is 2. The zero-order valence-corrected chi connectivity index (χ0v) is 13.8. The Labute approximate surface area is 124 Å². The molecular formula is C15H24BrN3. The Morgan fingerprint density at radius 2 is 1.89 bits per heavy atom. The lowest BCUT2D eigenvalue weighted by Gasteiger charge is -2.41. The molecule has 0 unspecified atom stereocenters. The minimum atomic E-state index is 0.547. The maximum atomic E-state index is 5.89. The van der Waals surface area contributed by atoms with Crippen LogP contribution in [0.15, 0.2) is 10.7 Å². The number of hydrogen-bond donors (Lipinski definition) is 1. The van der Waals surface area contributed by atoms with Crippen molar-refractivity contribution in [2.24, 2.45) is 5.41 Å². The molecule has 2 heterocycles. The topological polar surface area (TPSA) is 42.2 Å². The number of pyridine rings is 1. The first-order chi connectivity index (χ1) is 9.03. The van der Waals surface area contributed by atoms with Crippen molar-refractivity contribution in [3.8, 4) is 0 Å². The number of hydrogen-bond acceptors (Lipinski definition) is 3. The van der Waals surface area contributed by atoms with Crippen LogP contribution in [0.4, 0.5) is 11.5 Å². The van der Waals surface area contributed by atoms with Crippen LogP contribution in [0.5, 0.6) is 0 Å². The molecule has 1 aromatic rings. The van der Waals surface area contributed by atoms with Gasteiger partial charge >= 0.3 is 0 Å². The van der Waals surface area contributed by atoms with Gasteiger partial charge in [0.2, 0.25) is 0 Å². The van der Waals surface area contributed by atoms with E-state index >= 15 is 0 Å². The number of halogens is 1. The Morgan fingerprint density at radius 1 is 1.32 bits per heavy atom. The molecule has 4 heteroatoms. The fraction of sp³-hybridized carbons (Fsp3) is 0.667. The van der Waals surface area contributed by atoms with Gasteiger partial charge in [0.15, 0.2) is 0 Å². The summed E-state index contributed by atoms with van der Waals surface area (Å²) in [5, 5.41) is 0. The van der Waals surface area contributed by atoms with Gasteiger partial charge in [0.1, 0.15) is 5.82 Å². The van der Waals surface area contributed by atoms with Gasteiger partial charge in [0.25, 0.3) is 0 Å². The second-order valence-corrected chi connectivity index (χ2v) is 6.46. The monoisotopic (exact) mass is 325 g/mol. The van der Waals surface area contributed by atoms with E-state index in [4.69, 9.17) is 5.73 Å². The molecule has 0 radical (unpaired) electrons. The molecule has 0 saturated carbocycles. The molecule has 0 aliphatic carbocycles. The van der Waals surface area contributed by atoms with Crippen molar-refractivity contribution in [1.29, 1.82) is 0 Å². The van der Waals surface area contributed by atoms with Crippen LogP contribution in [-0.2, 0) is 0 Å². The van der Waals surface area contributed by atoms with E-state index in [2.05, 4.69) is 39.7 Å². The fourth-order valence-electron chi connectivity index (χ4n) is 2.95. The number of piperidine rings is 1. The molecule has 3 nitrogen and oxygen atoms in total. The van der Waals surface area contributed by atoms with Crippen LogP contribution in [0.25, 0.3) is 0 Å². The predicted octanol–water partition coefficient (Wildman–Crippen LogP) is 4.14. The summed E-state index contributed by atoms with van der Waals surface area (Å²) in [6.45, 7) is 8.87. The average molecular weight is 326 g/mol. The summed E-state index contributed by atoms with van der Waals surface area (Å²) in [6.07, 6.45) is 6.87. The summed E-state index contributed by atoms with van der Waals surface area (Å²) < 4.78 is 1.05. The summed E-state index contributed by atoms with van der Waals surface area (Å²) in [7, 11) is 0. The van der Waals surface area contributed by atoms with Gasteiger partial charge in [0, 0.05) is 13.1 Å². The lowest BCUT2D eigenvalue weighted by molar-refractivity contribution is 0.199. The smallest absolute Gasteiger partial charge is 0.143 e. The van der Waals surface area contributed by atoms with Crippen LogP contribution < -0.4 is 10.6 Å². The molecule has 1 aliphatic rings. The molecule has 106 valence electrons. The number of nitrogens with zero attached hydrogens (tertiary/aromatic N) is 2. The highest BCUT2D eigenvalue weighted by molar-refractivity contribution is 9.10. The van der Waals surface area contributed by atoms with Crippen LogP contribution in [0.1, 0.15) is 45.1 Å². The summed E-state index contributed by atoms with van der Waals surface area (Å²) in [6, 6.07) is 0. The van der Waals surface area contributed by atoms with E-state index in [0.29, 0.717) is 5.41 Å². The summed E-state index contributed by atoms with van der Waals surface area (Å²) in [5.41, 5.74) is 8.29. The van der Waals surface area contributed by atoms with E-state index in [1.54, 1.807) is 6.20 Å². The summed E-state index contributed by atoms with van der Waals surface area (Å²) >= 11 is 3.65. The first-order valence-corrected chi connectivity index (χ1v) is 7.98. The van der Waals surface area contributed by atoms with E-state index in [1.807, 2.05) is 6.92 Å². The van der Waals surface area contributed by atoms with Gasteiger partial charge in [-0.15, -0.1) is 0 Å². The van der Waals surface area contributed by atoms with E-state index in [1.165, 1.54) is 25.7 Å². The van der Waals surface area contributed by atoms with Gasteiger partial charge in [-0.2, -0.15) is 0 Å². The average Bonchev–Trinajstić information content (AvgIpc) is 2.45. The van der Waals surface area contributed by atoms with Crippen molar-refractivity contribution >= 4 is 27.4 Å². The lowest BCUT2D eigenvalue weighted by atomic mass is 9.74. The van der Waals surface area contributed by atoms with Crippen molar-refractivity contribution in [3.05, 3.63) is 16.2 Å². The van der Waals surface area contributed by atoms with Crippen LogP contribution in [0.3, 0.4) is 0 Å². The first-order valence-electron chi connectivity index (χ1n) is 7.18. The maximum Gasteiger partial charge on any atom is 0.143 e. The molecule has 2 rings (SSSR count). The molecule has 1 aliphatic heterocycles. The van der Waals surface area contributed by atoms with Crippen molar-refractivity contribution in [2.45, 2.75) is 46.5 Å². The number of aromatic nitrogens is 1. The molecular weight excluding hydrogens is 302 g/mol.